The van der Waals surface area contributed by atoms with Gasteiger partial charge >= 0.3 is 5.97 Å². The second kappa shape index (κ2) is 8.00. The van der Waals surface area contributed by atoms with Crippen LogP contribution in [-0.2, 0) is 16.1 Å². The lowest BCUT2D eigenvalue weighted by Crippen LogP contribution is -2.39. The van der Waals surface area contributed by atoms with Gasteiger partial charge in [0, 0.05) is 11.8 Å². The summed E-state index contributed by atoms with van der Waals surface area (Å²) in [6.45, 7) is 0.233. The predicted octanol–water partition coefficient (Wildman–Crippen LogP) is 1.86. The molecule has 0 aliphatic carbocycles. The molecule has 0 fully saturated rings. The smallest absolute Gasteiger partial charge is 0.321 e. The van der Waals surface area contributed by atoms with Crippen LogP contribution in [0.4, 0.5) is 5.69 Å². The molecule has 7 nitrogen and oxygen atoms in total. The van der Waals surface area contributed by atoms with E-state index in [-0.39, 0.29) is 13.0 Å². The molecule has 0 aliphatic rings. The summed E-state index contributed by atoms with van der Waals surface area (Å²) in [6.07, 6.45) is 1.30. The van der Waals surface area contributed by atoms with Gasteiger partial charge in [0.05, 0.1) is 26.3 Å². The molecule has 3 N–H and O–H groups in total. The van der Waals surface area contributed by atoms with Crippen LogP contribution in [-0.4, -0.2) is 30.1 Å². The quantitative estimate of drug-likeness (QED) is 0.687. The van der Waals surface area contributed by atoms with E-state index in [1.807, 2.05) is 0 Å². The number of methoxy groups -OCH3 is 1. The van der Waals surface area contributed by atoms with E-state index in [1.165, 1.54) is 13.4 Å². The maximum absolute atomic E-state index is 12.0. The Balaban J connectivity index is 1.90. The Morgan fingerprint density at radius 1 is 1.30 bits per heavy atom. The average Bonchev–Trinajstić information content (AvgIpc) is 3.04. The fraction of sp³-hybridized carbons (Fsp3) is 0.250. The molecule has 1 amide bonds. The van der Waals surface area contributed by atoms with Gasteiger partial charge in [0.2, 0.25) is 5.91 Å². The largest absolute Gasteiger partial charge is 0.497 e. The van der Waals surface area contributed by atoms with E-state index < -0.39 is 17.9 Å². The van der Waals surface area contributed by atoms with Crippen LogP contribution in [0.3, 0.4) is 0 Å². The van der Waals surface area contributed by atoms with E-state index >= 15 is 0 Å². The molecule has 1 heterocycles. The van der Waals surface area contributed by atoms with Crippen molar-refractivity contribution in [1.29, 1.82) is 0 Å². The van der Waals surface area contributed by atoms with Gasteiger partial charge in [0.1, 0.15) is 17.6 Å². The van der Waals surface area contributed by atoms with E-state index in [2.05, 4.69) is 10.6 Å². The van der Waals surface area contributed by atoms with Crippen LogP contribution in [0.25, 0.3) is 0 Å². The van der Waals surface area contributed by atoms with E-state index in [0.717, 1.165) is 0 Å². The zero-order valence-corrected chi connectivity index (χ0v) is 12.6. The lowest BCUT2D eigenvalue weighted by molar-refractivity contribution is -0.141. The van der Waals surface area contributed by atoms with Gasteiger partial charge < -0.3 is 19.6 Å². The summed E-state index contributed by atoms with van der Waals surface area (Å²) in [4.78, 5) is 23.3. The molecule has 0 aliphatic heterocycles. The number of carbonyl (C=O) groups is 2. The Morgan fingerprint density at radius 2 is 2.13 bits per heavy atom. The summed E-state index contributed by atoms with van der Waals surface area (Å²) in [6, 6.07) is 9.27. The molecule has 2 rings (SSSR count). The van der Waals surface area contributed by atoms with Crippen molar-refractivity contribution in [3.63, 3.8) is 0 Å². The van der Waals surface area contributed by atoms with Crippen molar-refractivity contribution in [1.82, 2.24) is 5.32 Å². The minimum atomic E-state index is -1.10. The Kier molecular flexibility index (Phi) is 5.76. The third-order valence-corrected chi connectivity index (χ3v) is 3.14. The number of hydrogen-bond donors (Lipinski definition) is 3. The molecule has 7 heteroatoms. The highest BCUT2D eigenvalue weighted by Crippen LogP contribution is 2.17. The van der Waals surface area contributed by atoms with Gasteiger partial charge in [0.15, 0.2) is 0 Å². The lowest BCUT2D eigenvalue weighted by Gasteiger charge is -2.14. The van der Waals surface area contributed by atoms with Gasteiger partial charge in [-0.25, -0.2) is 0 Å². The highest BCUT2D eigenvalue weighted by atomic mass is 16.5. The molecule has 1 atom stereocenters. The molecule has 0 radical (unpaired) electrons. The average molecular weight is 318 g/mol. The minimum absolute atomic E-state index is 0.201. The van der Waals surface area contributed by atoms with Crippen molar-refractivity contribution in [2.45, 2.75) is 19.0 Å². The third kappa shape index (κ3) is 5.15. The second-order valence-electron chi connectivity index (χ2n) is 4.84. The van der Waals surface area contributed by atoms with Crippen LogP contribution in [0.1, 0.15) is 12.2 Å². The van der Waals surface area contributed by atoms with Crippen LogP contribution in [0, 0.1) is 0 Å². The summed E-state index contributed by atoms with van der Waals surface area (Å²) in [5, 5.41) is 14.6. The number of amides is 1. The lowest BCUT2D eigenvalue weighted by atomic mass is 10.2. The van der Waals surface area contributed by atoms with Crippen molar-refractivity contribution in [2.24, 2.45) is 0 Å². The molecule has 0 spiro atoms. The minimum Gasteiger partial charge on any atom is -0.497 e. The molecule has 1 aromatic heterocycles. The van der Waals surface area contributed by atoms with Gasteiger partial charge in [-0.1, -0.05) is 6.07 Å². The molecule has 2 aromatic rings. The fourth-order valence-electron chi connectivity index (χ4n) is 1.98. The van der Waals surface area contributed by atoms with Crippen molar-refractivity contribution < 1.29 is 23.8 Å². The first kappa shape index (κ1) is 16.6. The van der Waals surface area contributed by atoms with Crippen LogP contribution in [0.2, 0.25) is 0 Å². The molecule has 0 saturated carbocycles. The van der Waals surface area contributed by atoms with Crippen molar-refractivity contribution in [3.8, 4) is 5.75 Å². The zero-order chi connectivity index (χ0) is 16.7. The Bertz CT molecular complexity index is 654. The maximum atomic E-state index is 12.0. The summed E-state index contributed by atoms with van der Waals surface area (Å²) < 4.78 is 10.2. The van der Waals surface area contributed by atoms with Crippen molar-refractivity contribution >= 4 is 17.6 Å². The Labute approximate surface area is 133 Å². The Hall–Kier alpha value is -2.80. The summed E-state index contributed by atoms with van der Waals surface area (Å²) >= 11 is 0. The normalized spacial score (nSPS) is 11.7. The SMILES string of the molecule is COc1cccc(NC(=O)CC(NCc2ccco2)C(=O)O)c1. The van der Waals surface area contributed by atoms with Gasteiger partial charge in [-0.15, -0.1) is 0 Å². The number of anilines is 1. The number of rotatable bonds is 8. The summed E-state index contributed by atoms with van der Waals surface area (Å²) in [5.41, 5.74) is 0.546. The number of ether oxygens (including phenoxy) is 1. The number of furan rings is 1. The molecule has 0 bridgehead atoms. The predicted molar refractivity (Wildman–Crippen MR) is 83.2 cm³/mol. The van der Waals surface area contributed by atoms with Crippen LogP contribution < -0.4 is 15.4 Å². The number of nitrogens with one attached hydrogen (secondary N) is 2. The number of carboxylic acids is 1. The molecule has 23 heavy (non-hydrogen) atoms. The maximum Gasteiger partial charge on any atom is 0.321 e. The van der Waals surface area contributed by atoms with Gasteiger partial charge in [-0.3, -0.25) is 14.9 Å². The van der Waals surface area contributed by atoms with E-state index in [9.17, 15) is 14.7 Å². The second-order valence-corrected chi connectivity index (χ2v) is 4.84. The fourth-order valence-corrected chi connectivity index (χ4v) is 1.98. The van der Waals surface area contributed by atoms with Crippen LogP contribution in [0.5, 0.6) is 5.75 Å². The number of carbonyl (C=O) groups excluding carboxylic acids is 1. The van der Waals surface area contributed by atoms with Crippen LogP contribution in [0.15, 0.2) is 47.1 Å². The van der Waals surface area contributed by atoms with Crippen molar-refractivity contribution in [2.75, 3.05) is 12.4 Å². The van der Waals surface area contributed by atoms with E-state index in [1.54, 1.807) is 36.4 Å². The van der Waals surface area contributed by atoms with Gasteiger partial charge in [0.25, 0.3) is 0 Å². The summed E-state index contributed by atoms with van der Waals surface area (Å²) in [5.74, 6) is -0.298. The third-order valence-electron chi connectivity index (χ3n) is 3.14. The molecule has 0 saturated heterocycles. The van der Waals surface area contributed by atoms with Gasteiger partial charge in [-0.2, -0.15) is 0 Å². The van der Waals surface area contributed by atoms with E-state index in [4.69, 9.17) is 9.15 Å². The highest BCUT2D eigenvalue weighted by molar-refractivity contribution is 5.94. The standard InChI is InChI=1S/C16H18N2O5/c1-22-12-5-2-4-11(8-12)18-15(19)9-14(16(20)21)17-10-13-6-3-7-23-13/h2-8,14,17H,9-10H2,1H3,(H,18,19)(H,20,21). The van der Waals surface area contributed by atoms with Crippen molar-refractivity contribution in [3.05, 3.63) is 48.4 Å². The highest BCUT2D eigenvalue weighted by Gasteiger charge is 2.21. The number of benzene rings is 1. The number of hydrogen-bond acceptors (Lipinski definition) is 5. The number of carboxylic acid groups (broad SMARTS) is 1. The first-order chi connectivity index (χ1) is 11.1. The molecular weight excluding hydrogens is 300 g/mol. The topological polar surface area (TPSA) is 101 Å². The summed E-state index contributed by atoms with van der Waals surface area (Å²) in [7, 11) is 1.53. The molecular formula is C16H18N2O5. The first-order valence-corrected chi connectivity index (χ1v) is 7.01. The first-order valence-electron chi connectivity index (χ1n) is 7.01. The zero-order valence-electron chi connectivity index (χ0n) is 12.6. The van der Waals surface area contributed by atoms with Gasteiger partial charge in [-0.05, 0) is 24.3 Å². The molecule has 1 unspecified atom stereocenters. The monoisotopic (exact) mass is 318 g/mol. The number of aliphatic carboxylic acids is 1. The van der Waals surface area contributed by atoms with Crippen LogP contribution >= 0.6 is 0 Å². The van der Waals surface area contributed by atoms with E-state index in [0.29, 0.717) is 17.2 Å². The molecule has 122 valence electrons. The molecule has 1 aromatic carbocycles. The Morgan fingerprint density at radius 3 is 2.78 bits per heavy atom.